The standard InChI is InChI=1S/C17H28N2O/c1-3-10-19-11-4-6-16-13-15(7-8-17(16)19)14-18-9-5-12-20-2/h7-8,13,18H,3-6,9-12,14H2,1-2H3. The van der Waals surface area contributed by atoms with E-state index in [-0.39, 0.29) is 0 Å². The Bertz CT molecular complexity index is 406. The normalized spacial score (nSPS) is 14.4. The Morgan fingerprint density at radius 1 is 1.35 bits per heavy atom. The van der Waals surface area contributed by atoms with Crippen molar-refractivity contribution < 1.29 is 4.74 Å². The van der Waals surface area contributed by atoms with Crippen LogP contribution in [0.3, 0.4) is 0 Å². The zero-order valence-electron chi connectivity index (χ0n) is 13.0. The summed E-state index contributed by atoms with van der Waals surface area (Å²) >= 11 is 0. The Kier molecular flexibility index (Phi) is 6.34. The summed E-state index contributed by atoms with van der Waals surface area (Å²) in [5.41, 5.74) is 4.39. The van der Waals surface area contributed by atoms with E-state index in [2.05, 4.69) is 35.3 Å². The van der Waals surface area contributed by atoms with Crippen molar-refractivity contribution in [2.24, 2.45) is 0 Å². The van der Waals surface area contributed by atoms with Crippen LogP contribution in [0.15, 0.2) is 18.2 Å². The lowest BCUT2D eigenvalue weighted by atomic mass is 9.99. The second kappa shape index (κ2) is 8.28. The molecule has 1 N–H and O–H groups in total. The minimum atomic E-state index is 0.836. The van der Waals surface area contributed by atoms with E-state index in [4.69, 9.17) is 4.74 Å². The van der Waals surface area contributed by atoms with Crippen LogP contribution in [0.4, 0.5) is 5.69 Å². The van der Waals surface area contributed by atoms with Crippen molar-refractivity contribution in [3.8, 4) is 0 Å². The number of hydrogen-bond acceptors (Lipinski definition) is 3. The van der Waals surface area contributed by atoms with E-state index < -0.39 is 0 Å². The average Bonchev–Trinajstić information content (AvgIpc) is 2.47. The molecule has 2 rings (SSSR count). The maximum absolute atomic E-state index is 5.06. The van der Waals surface area contributed by atoms with Gasteiger partial charge in [-0.25, -0.2) is 0 Å². The van der Waals surface area contributed by atoms with Gasteiger partial charge in [-0.1, -0.05) is 19.1 Å². The van der Waals surface area contributed by atoms with Crippen molar-refractivity contribution in [2.45, 2.75) is 39.2 Å². The van der Waals surface area contributed by atoms with E-state index >= 15 is 0 Å². The molecule has 0 bridgehead atoms. The highest BCUT2D eigenvalue weighted by Crippen LogP contribution is 2.28. The monoisotopic (exact) mass is 276 g/mol. The minimum absolute atomic E-state index is 0.836. The molecule has 0 aromatic heterocycles. The summed E-state index contributed by atoms with van der Waals surface area (Å²) in [7, 11) is 1.76. The molecule has 1 aromatic rings. The fourth-order valence-electron chi connectivity index (χ4n) is 2.91. The molecule has 1 aliphatic heterocycles. The topological polar surface area (TPSA) is 24.5 Å². The van der Waals surface area contributed by atoms with Crippen LogP contribution < -0.4 is 10.2 Å². The van der Waals surface area contributed by atoms with Gasteiger partial charge in [-0.15, -0.1) is 0 Å². The van der Waals surface area contributed by atoms with Gasteiger partial charge < -0.3 is 15.0 Å². The Labute approximate surface area is 123 Å². The second-order valence-corrected chi connectivity index (χ2v) is 5.58. The molecule has 0 aliphatic carbocycles. The molecule has 0 atom stereocenters. The fraction of sp³-hybridized carbons (Fsp3) is 0.647. The minimum Gasteiger partial charge on any atom is -0.385 e. The Morgan fingerprint density at radius 2 is 2.25 bits per heavy atom. The summed E-state index contributed by atoms with van der Waals surface area (Å²) in [6, 6.07) is 6.98. The molecule has 0 radical (unpaired) electrons. The van der Waals surface area contributed by atoms with Crippen LogP contribution in [0, 0.1) is 0 Å². The molecule has 0 saturated heterocycles. The highest BCUT2D eigenvalue weighted by atomic mass is 16.5. The van der Waals surface area contributed by atoms with E-state index in [1.807, 2.05) is 0 Å². The number of aryl methyl sites for hydroxylation is 1. The third-order valence-corrected chi connectivity index (χ3v) is 3.88. The lowest BCUT2D eigenvalue weighted by Gasteiger charge is -2.31. The van der Waals surface area contributed by atoms with Gasteiger partial charge in [0.15, 0.2) is 0 Å². The van der Waals surface area contributed by atoms with Crippen molar-refractivity contribution in [3.05, 3.63) is 29.3 Å². The van der Waals surface area contributed by atoms with Crippen LogP contribution in [-0.4, -0.2) is 33.4 Å². The van der Waals surface area contributed by atoms with Crippen LogP contribution in [0.5, 0.6) is 0 Å². The molecule has 0 unspecified atom stereocenters. The van der Waals surface area contributed by atoms with E-state index in [0.717, 1.165) is 26.1 Å². The lowest BCUT2D eigenvalue weighted by molar-refractivity contribution is 0.194. The van der Waals surface area contributed by atoms with Gasteiger partial charge in [-0.2, -0.15) is 0 Å². The predicted octanol–water partition coefficient (Wildman–Crippen LogP) is 2.98. The molecule has 0 saturated carbocycles. The maximum atomic E-state index is 5.06. The number of rotatable bonds is 8. The molecule has 0 fully saturated rings. The third kappa shape index (κ3) is 4.22. The molecular formula is C17H28N2O. The Morgan fingerprint density at radius 3 is 3.05 bits per heavy atom. The summed E-state index contributed by atoms with van der Waals surface area (Å²) in [5.74, 6) is 0. The van der Waals surface area contributed by atoms with Gasteiger partial charge in [0.1, 0.15) is 0 Å². The molecule has 1 aliphatic rings. The second-order valence-electron chi connectivity index (χ2n) is 5.58. The first-order valence-corrected chi connectivity index (χ1v) is 7.91. The molecule has 0 amide bonds. The zero-order chi connectivity index (χ0) is 14.2. The Balaban J connectivity index is 1.90. The highest BCUT2D eigenvalue weighted by Gasteiger charge is 2.15. The number of benzene rings is 1. The molecule has 112 valence electrons. The Hall–Kier alpha value is -1.06. The molecule has 1 heterocycles. The number of hydrogen-bond donors (Lipinski definition) is 1. The number of nitrogens with one attached hydrogen (secondary N) is 1. The number of ether oxygens (including phenoxy) is 1. The first kappa shape index (κ1) is 15.3. The number of anilines is 1. The van der Waals surface area contributed by atoms with Crippen LogP contribution in [0.1, 0.15) is 37.3 Å². The first-order chi connectivity index (χ1) is 9.85. The highest BCUT2D eigenvalue weighted by molar-refractivity contribution is 5.56. The van der Waals surface area contributed by atoms with Gasteiger partial charge >= 0.3 is 0 Å². The zero-order valence-corrected chi connectivity index (χ0v) is 13.0. The van der Waals surface area contributed by atoms with Gasteiger partial charge in [-0.3, -0.25) is 0 Å². The molecular weight excluding hydrogens is 248 g/mol. The van der Waals surface area contributed by atoms with Crippen molar-refractivity contribution >= 4 is 5.69 Å². The molecule has 1 aromatic carbocycles. The molecule has 3 heteroatoms. The number of methoxy groups -OCH3 is 1. The number of fused-ring (bicyclic) bond motifs is 1. The SMILES string of the molecule is CCCN1CCCc2cc(CNCCCOC)ccc21. The van der Waals surface area contributed by atoms with E-state index in [9.17, 15) is 0 Å². The van der Waals surface area contributed by atoms with Gasteiger partial charge in [-0.05, 0) is 49.4 Å². The van der Waals surface area contributed by atoms with Crippen molar-refractivity contribution in [2.75, 3.05) is 38.3 Å². The van der Waals surface area contributed by atoms with Gasteiger partial charge in [0.2, 0.25) is 0 Å². The first-order valence-electron chi connectivity index (χ1n) is 7.91. The van der Waals surface area contributed by atoms with Gasteiger partial charge in [0, 0.05) is 39.0 Å². The smallest absolute Gasteiger partial charge is 0.0474 e. The van der Waals surface area contributed by atoms with Crippen molar-refractivity contribution in [1.82, 2.24) is 5.32 Å². The van der Waals surface area contributed by atoms with E-state index in [1.165, 1.54) is 49.2 Å². The number of nitrogens with zero attached hydrogens (tertiary/aromatic N) is 1. The quantitative estimate of drug-likeness (QED) is 0.739. The summed E-state index contributed by atoms with van der Waals surface area (Å²) in [6.07, 6.45) is 4.82. The third-order valence-electron chi connectivity index (χ3n) is 3.88. The average molecular weight is 276 g/mol. The van der Waals surface area contributed by atoms with Crippen LogP contribution in [0.25, 0.3) is 0 Å². The summed E-state index contributed by atoms with van der Waals surface area (Å²) in [6.45, 7) is 7.48. The van der Waals surface area contributed by atoms with Crippen molar-refractivity contribution in [1.29, 1.82) is 0 Å². The van der Waals surface area contributed by atoms with Crippen LogP contribution >= 0.6 is 0 Å². The van der Waals surface area contributed by atoms with Gasteiger partial charge in [0.25, 0.3) is 0 Å². The molecule has 20 heavy (non-hydrogen) atoms. The lowest BCUT2D eigenvalue weighted by Crippen LogP contribution is -2.30. The molecule has 0 spiro atoms. The maximum Gasteiger partial charge on any atom is 0.0474 e. The van der Waals surface area contributed by atoms with E-state index in [0.29, 0.717) is 0 Å². The van der Waals surface area contributed by atoms with Crippen LogP contribution in [0.2, 0.25) is 0 Å². The van der Waals surface area contributed by atoms with Crippen LogP contribution in [-0.2, 0) is 17.7 Å². The summed E-state index contributed by atoms with van der Waals surface area (Å²) in [4.78, 5) is 2.54. The van der Waals surface area contributed by atoms with E-state index in [1.54, 1.807) is 7.11 Å². The molecule has 3 nitrogen and oxygen atoms in total. The largest absolute Gasteiger partial charge is 0.385 e. The van der Waals surface area contributed by atoms with Gasteiger partial charge in [0.05, 0.1) is 0 Å². The summed E-state index contributed by atoms with van der Waals surface area (Å²) in [5, 5.41) is 3.49. The fourth-order valence-corrected chi connectivity index (χ4v) is 2.91. The van der Waals surface area contributed by atoms with Crippen molar-refractivity contribution in [3.63, 3.8) is 0 Å². The summed E-state index contributed by atoms with van der Waals surface area (Å²) < 4.78 is 5.06. The predicted molar refractivity (Wildman–Crippen MR) is 85.5 cm³/mol.